The Bertz CT molecular complexity index is 104. The average Bonchev–Trinajstić information content (AvgIpc) is 1.91. The van der Waals surface area contributed by atoms with E-state index in [1.165, 1.54) is 19.3 Å². The van der Waals surface area contributed by atoms with Crippen molar-refractivity contribution < 1.29 is 0 Å². The molecule has 2 bridgehead atoms. The number of halogens is 2. The van der Waals surface area contributed by atoms with Crippen LogP contribution >= 0.6 is 34.2 Å². The van der Waals surface area contributed by atoms with Crippen molar-refractivity contribution in [2.24, 2.45) is 11.8 Å². The third-order valence-corrected chi connectivity index (χ3v) is 5.21. The van der Waals surface area contributed by atoms with Crippen LogP contribution in [0, 0.1) is 11.8 Å². The number of hydrogen-bond donors (Lipinski definition) is 0. The van der Waals surface area contributed by atoms with E-state index in [-0.39, 0.29) is 0 Å². The van der Waals surface area contributed by atoms with Crippen molar-refractivity contribution in [2.75, 3.05) is 0 Å². The van der Waals surface area contributed by atoms with Crippen molar-refractivity contribution in [1.29, 1.82) is 0 Å². The first-order valence-electron chi connectivity index (χ1n) is 3.59. The Labute approximate surface area is 74.5 Å². The lowest BCUT2D eigenvalue weighted by atomic mass is 9.65. The SMILES string of the molecule is ClC1C2CCCC1C2I. The van der Waals surface area contributed by atoms with E-state index in [2.05, 4.69) is 22.6 Å². The summed E-state index contributed by atoms with van der Waals surface area (Å²) < 4.78 is 0.916. The smallest absolute Gasteiger partial charge is 0.0412 e. The van der Waals surface area contributed by atoms with Gasteiger partial charge in [-0.2, -0.15) is 0 Å². The zero-order valence-corrected chi connectivity index (χ0v) is 8.10. The maximum Gasteiger partial charge on any atom is 0.0412 e. The highest BCUT2D eigenvalue weighted by atomic mass is 127. The van der Waals surface area contributed by atoms with E-state index in [1.807, 2.05) is 0 Å². The van der Waals surface area contributed by atoms with Gasteiger partial charge < -0.3 is 0 Å². The Morgan fingerprint density at radius 2 is 1.78 bits per heavy atom. The van der Waals surface area contributed by atoms with Crippen molar-refractivity contribution in [3.63, 3.8) is 0 Å². The van der Waals surface area contributed by atoms with Gasteiger partial charge in [-0.1, -0.05) is 29.0 Å². The molecule has 3 aliphatic carbocycles. The summed E-state index contributed by atoms with van der Waals surface area (Å²) in [5.74, 6) is 1.73. The third-order valence-electron chi connectivity index (χ3n) is 2.71. The zero-order chi connectivity index (χ0) is 6.43. The van der Waals surface area contributed by atoms with E-state index in [0.29, 0.717) is 5.38 Å². The fraction of sp³-hybridized carbons (Fsp3) is 1.00. The maximum absolute atomic E-state index is 6.11. The summed E-state index contributed by atoms with van der Waals surface area (Å²) in [6, 6.07) is 0. The largest absolute Gasteiger partial charge is 0.122 e. The highest BCUT2D eigenvalue weighted by Crippen LogP contribution is 2.52. The summed E-state index contributed by atoms with van der Waals surface area (Å²) in [4.78, 5) is 0. The Kier molecular flexibility index (Phi) is 1.69. The predicted molar refractivity (Wildman–Crippen MR) is 48.3 cm³/mol. The topological polar surface area (TPSA) is 0 Å². The highest BCUT2D eigenvalue weighted by Gasteiger charge is 2.49. The van der Waals surface area contributed by atoms with E-state index in [4.69, 9.17) is 11.6 Å². The van der Waals surface area contributed by atoms with Gasteiger partial charge in [0.2, 0.25) is 0 Å². The lowest BCUT2D eigenvalue weighted by Crippen LogP contribution is -2.51. The molecule has 0 heterocycles. The lowest BCUT2D eigenvalue weighted by Gasteiger charge is -2.51. The molecule has 9 heavy (non-hydrogen) atoms. The Balaban J connectivity index is 2.08. The first kappa shape index (κ1) is 6.71. The predicted octanol–water partition coefficient (Wildman–Crippen LogP) is 2.83. The van der Waals surface area contributed by atoms with Crippen molar-refractivity contribution in [3.05, 3.63) is 0 Å². The monoisotopic (exact) mass is 256 g/mol. The highest BCUT2D eigenvalue weighted by molar-refractivity contribution is 14.1. The molecule has 0 aromatic heterocycles. The van der Waals surface area contributed by atoms with Gasteiger partial charge in [-0.05, 0) is 24.7 Å². The minimum atomic E-state index is 0.542. The van der Waals surface area contributed by atoms with E-state index in [1.54, 1.807) is 0 Å². The van der Waals surface area contributed by atoms with Crippen LogP contribution in [-0.2, 0) is 0 Å². The van der Waals surface area contributed by atoms with E-state index < -0.39 is 0 Å². The van der Waals surface area contributed by atoms with Crippen LogP contribution in [0.3, 0.4) is 0 Å². The molecule has 0 nitrogen and oxygen atoms in total. The lowest BCUT2D eigenvalue weighted by molar-refractivity contribution is 0.147. The van der Waals surface area contributed by atoms with Crippen molar-refractivity contribution in [2.45, 2.75) is 28.6 Å². The van der Waals surface area contributed by atoms with Gasteiger partial charge >= 0.3 is 0 Å². The van der Waals surface area contributed by atoms with Crippen LogP contribution in [0.1, 0.15) is 19.3 Å². The summed E-state index contributed by atoms with van der Waals surface area (Å²) >= 11 is 8.67. The molecule has 0 amide bonds. The molecular weight excluding hydrogens is 246 g/mol. The van der Waals surface area contributed by atoms with E-state index in [0.717, 1.165) is 15.8 Å². The van der Waals surface area contributed by atoms with Crippen LogP contribution in [0.15, 0.2) is 0 Å². The fourth-order valence-electron chi connectivity index (χ4n) is 2.07. The van der Waals surface area contributed by atoms with E-state index >= 15 is 0 Å². The molecule has 0 N–H and O–H groups in total. The Morgan fingerprint density at radius 1 is 1.22 bits per heavy atom. The van der Waals surface area contributed by atoms with Gasteiger partial charge in [-0.3, -0.25) is 0 Å². The average molecular weight is 257 g/mol. The zero-order valence-electron chi connectivity index (χ0n) is 5.19. The molecule has 0 aromatic rings. The Morgan fingerprint density at radius 3 is 2.00 bits per heavy atom. The maximum atomic E-state index is 6.11. The summed E-state index contributed by atoms with van der Waals surface area (Å²) in [6.07, 6.45) is 4.20. The van der Waals surface area contributed by atoms with Crippen LogP contribution in [-0.4, -0.2) is 9.30 Å². The van der Waals surface area contributed by atoms with Gasteiger partial charge in [-0.25, -0.2) is 0 Å². The van der Waals surface area contributed by atoms with Crippen LogP contribution in [0.2, 0.25) is 0 Å². The second-order valence-corrected chi connectivity index (χ2v) is 5.09. The fourth-order valence-corrected chi connectivity index (χ4v) is 4.74. The second kappa shape index (κ2) is 2.26. The molecule has 0 radical (unpaired) electrons. The number of alkyl halides is 2. The first-order chi connectivity index (χ1) is 4.30. The summed E-state index contributed by atoms with van der Waals surface area (Å²) in [5.41, 5.74) is 0. The quantitative estimate of drug-likeness (QED) is 0.462. The molecule has 0 aromatic carbocycles. The summed E-state index contributed by atoms with van der Waals surface area (Å²) in [7, 11) is 0. The molecule has 0 spiro atoms. The molecule has 3 rings (SSSR count). The molecule has 0 saturated heterocycles. The van der Waals surface area contributed by atoms with Crippen molar-refractivity contribution in [1.82, 2.24) is 0 Å². The van der Waals surface area contributed by atoms with Gasteiger partial charge in [0.1, 0.15) is 0 Å². The normalized spacial score (nSPS) is 56.7. The van der Waals surface area contributed by atoms with Crippen molar-refractivity contribution in [3.8, 4) is 0 Å². The van der Waals surface area contributed by atoms with Crippen LogP contribution in [0.5, 0.6) is 0 Å². The minimum absolute atomic E-state index is 0.542. The molecular formula is C7H10ClI. The summed E-state index contributed by atoms with van der Waals surface area (Å²) in [5, 5.41) is 0.542. The molecule has 3 fully saturated rings. The number of rotatable bonds is 0. The van der Waals surface area contributed by atoms with Gasteiger partial charge in [0, 0.05) is 9.30 Å². The minimum Gasteiger partial charge on any atom is -0.122 e. The third kappa shape index (κ3) is 0.839. The van der Waals surface area contributed by atoms with E-state index in [9.17, 15) is 0 Å². The molecule has 3 aliphatic rings. The molecule has 2 unspecified atom stereocenters. The second-order valence-electron chi connectivity index (χ2n) is 3.15. The Hall–Kier alpha value is 1.02. The van der Waals surface area contributed by atoms with Crippen LogP contribution < -0.4 is 0 Å². The van der Waals surface area contributed by atoms with Crippen molar-refractivity contribution >= 4 is 34.2 Å². The molecule has 0 aliphatic heterocycles. The van der Waals surface area contributed by atoms with Gasteiger partial charge in [-0.15, -0.1) is 11.6 Å². The standard InChI is InChI=1S/C7H10ClI/c8-6-4-2-1-3-5(6)7(4)9/h4-7H,1-3H2. The molecule has 52 valence electrons. The van der Waals surface area contributed by atoms with Gasteiger partial charge in [0.25, 0.3) is 0 Å². The van der Waals surface area contributed by atoms with Crippen LogP contribution in [0.25, 0.3) is 0 Å². The molecule has 3 saturated carbocycles. The molecule has 2 atom stereocenters. The van der Waals surface area contributed by atoms with Gasteiger partial charge in [0.15, 0.2) is 0 Å². The van der Waals surface area contributed by atoms with Crippen LogP contribution in [0.4, 0.5) is 0 Å². The number of fused-ring (bicyclic) bond motifs is 2. The summed E-state index contributed by atoms with van der Waals surface area (Å²) in [6.45, 7) is 0. The van der Waals surface area contributed by atoms with Gasteiger partial charge in [0.05, 0.1) is 0 Å². The molecule has 2 heteroatoms. The first-order valence-corrected chi connectivity index (χ1v) is 5.27. The number of hydrogen-bond acceptors (Lipinski definition) is 0.